The van der Waals surface area contributed by atoms with Crippen molar-refractivity contribution >= 4 is 30.4 Å². The van der Waals surface area contributed by atoms with E-state index in [9.17, 15) is 16.8 Å². The van der Waals surface area contributed by atoms with Gasteiger partial charge >= 0.3 is 0 Å². The van der Waals surface area contributed by atoms with Crippen LogP contribution in [0.2, 0.25) is 0 Å². The molecule has 0 aliphatic heterocycles. The molecule has 0 saturated heterocycles. The van der Waals surface area contributed by atoms with Crippen LogP contribution in [-0.4, -0.2) is 16.8 Å². The van der Waals surface area contributed by atoms with Gasteiger partial charge in [-0.1, -0.05) is 91.0 Å². The van der Waals surface area contributed by atoms with Crippen molar-refractivity contribution in [2.24, 2.45) is 0 Å². The first kappa shape index (κ1) is 24.6. The Labute approximate surface area is 223 Å². The average molecular weight is 539 g/mol. The van der Waals surface area contributed by atoms with E-state index in [1.165, 1.54) is 0 Å². The van der Waals surface area contributed by atoms with Crippen LogP contribution in [0.3, 0.4) is 0 Å². The SMILES string of the molecule is O=S(=O)(c1ccccc1)c1c2c(c(S(=O)(=O)c3ccccc3)c3ccccc13)CC(c1ccccc1)CC2. The Hall–Kier alpha value is -3.74. The van der Waals surface area contributed by atoms with Crippen molar-refractivity contribution < 1.29 is 16.8 Å². The van der Waals surface area contributed by atoms with Crippen LogP contribution in [0, 0.1) is 0 Å². The monoisotopic (exact) mass is 538 g/mol. The molecule has 0 saturated carbocycles. The van der Waals surface area contributed by atoms with Crippen LogP contribution >= 0.6 is 0 Å². The smallest absolute Gasteiger partial charge is 0.207 e. The molecule has 1 unspecified atom stereocenters. The van der Waals surface area contributed by atoms with Crippen LogP contribution in [-0.2, 0) is 32.5 Å². The molecule has 0 radical (unpaired) electrons. The first-order valence-electron chi connectivity index (χ1n) is 12.6. The molecule has 1 aliphatic carbocycles. The molecule has 6 heteroatoms. The van der Waals surface area contributed by atoms with Crippen molar-refractivity contribution in [1.29, 1.82) is 0 Å². The summed E-state index contributed by atoms with van der Waals surface area (Å²) in [7, 11) is -7.85. The summed E-state index contributed by atoms with van der Waals surface area (Å²) in [5.41, 5.74) is 2.36. The minimum absolute atomic E-state index is 0.0851. The summed E-state index contributed by atoms with van der Waals surface area (Å²) in [5.74, 6) is 0.0851. The lowest BCUT2D eigenvalue weighted by molar-refractivity contribution is 0.558. The van der Waals surface area contributed by atoms with E-state index < -0.39 is 19.7 Å². The number of sulfone groups is 2. The third-order valence-electron chi connectivity index (χ3n) is 7.44. The van der Waals surface area contributed by atoms with Gasteiger partial charge in [0.1, 0.15) is 0 Å². The predicted molar refractivity (Wildman–Crippen MR) is 149 cm³/mol. The highest BCUT2D eigenvalue weighted by atomic mass is 32.2. The summed E-state index contributed by atoms with van der Waals surface area (Å²) >= 11 is 0. The second-order valence-corrected chi connectivity index (χ2v) is 13.4. The van der Waals surface area contributed by atoms with Crippen molar-refractivity contribution in [3.8, 4) is 0 Å². The molecule has 0 spiro atoms. The molecule has 6 rings (SSSR count). The Morgan fingerprint density at radius 2 is 0.921 bits per heavy atom. The predicted octanol–water partition coefficient (Wildman–Crippen LogP) is 6.78. The quantitative estimate of drug-likeness (QED) is 0.247. The standard InChI is InChI=1S/C32H26O4S2/c33-37(34,25-14-6-2-7-15-25)31-27-18-10-11-19-28(27)32(38(35,36)26-16-8-3-9-17-26)30-22-24(20-21-29(30)31)23-12-4-1-5-13-23/h1-19,24H,20-22H2. The highest BCUT2D eigenvalue weighted by Gasteiger charge is 2.36. The zero-order valence-corrected chi connectivity index (χ0v) is 22.3. The Morgan fingerprint density at radius 1 is 0.500 bits per heavy atom. The molecule has 0 bridgehead atoms. The fourth-order valence-corrected chi connectivity index (χ4v) is 9.20. The average Bonchev–Trinajstić information content (AvgIpc) is 2.96. The van der Waals surface area contributed by atoms with Crippen LogP contribution in [0.25, 0.3) is 10.8 Å². The van der Waals surface area contributed by atoms with Gasteiger partial charge in [0, 0.05) is 10.8 Å². The highest BCUT2D eigenvalue weighted by Crippen LogP contribution is 2.46. The van der Waals surface area contributed by atoms with Crippen LogP contribution < -0.4 is 0 Å². The maximum absolute atomic E-state index is 14.2. The fourth-order valence-electron chi connectivity index (χ4n) is 5.68. The first-order chi connectivity index (χ1) is 18.4. The highest BCUT2D eigenvalue weighted by molar-refractivity contribution is 7.92. The molecule has 5 aromatic rings. The van der Waals surface area contributed by atoms with Gasteiger partial charge in [-0.2, -0.15) is 0 Å². The maximum atomic E-state index is 14.2. The van der Waals surface area contributed by atoms with E-state index in [-0.39, 0.29) is 25.5 Å². The maximum Gasteiger partial charge on any atom is 0.207 e. The number of hydrogen-bond donors (Lipinski definition) is 0. The molecule has 1 atom stereocenters. The van der Waals surface area contributed by atoms with E-state index in [2.05, 4.69) is 12.1 Å². The normalized spacial score (nSPS) is 15.7. The van der Waals surface area contributed by atoms with Crippen molar-refractivity contribution in [1.82, 2.24) is 0 Å². The van der Waals surface area contributed by atoms with Crippen LogP contribution in [0.15, 0.2) is 135 Å². The van der Waals surface area contributed by atoms with Gasteiger partial charge in [0.25, 0.3) is 0 Å². The van der Waals surface area contributed by atoms with Gasteiger partial charge in [-0.25, -0.2) is 16.8 Å². The lowest BCUT2D eigenvalue weighted by Crippen LogP contribution is -2.21. The molecule has 5 aromatic carbocycles. The summed E-state index contributed by atoms with van der Waals surface area (Å²) in [6, 6.07) is 33.9. The first-order valence-corrected chi connectivity index (χ1v) is 15.6. The van der Waals surface area contributed by atoms with Gasteiger partial charge in [-0.05, 0) is 66.1 Å². The Balaban J connectivity index is 1.71. The van der Waals surface area contributed by atoms with E-state index in [1.54, 1.807) is 84.9 Å². The molecule has 1 aliphatic rings. The van der Waals surface area contributed by atoms with Crippen LogP contribution in [0.5, 0.6) is 0 Å². The summed E-state index contributed by atoms with van der Waals surface area (Å²) < 4.78 is 56.8. The van der Waals surface area contributed by atoms with Crippen LogP contribution in [0.4, 0.5) is 0 Å². The second kappa shape index (κ2) is 9.53. The third-order valence-corrected chi connectivity index (χ3v) is 11.2. The summed E-state index contributed by atoms with van der Waals surface area (Å²) in [6.45, 7) is 0. The molecule has 4 nitrogen and oxygen atoms in total. The Kier molecular flexibility index (Phi) is 6.17. The number of fused-ring (bicyclic) bond motifs is 2. The van der Waals surface area contributed by atoms with Crippen LogP contribution in [0.1, 0.15) is 29.0 Å². The van der Waals surface area contributed by atoms with Gasteiger partial charge < -0.3 is 0 Å². The van der Waals surface area contributed by atoms with Gasteiger partial charge in [-0.15, -0.1) is 0 Å². The van der Waals surface area contributed by atoms with Gasteiger partial charge in [0.15, 0.2) is 0 Å². The molecule has 0 N–H and O–H groups in total. The van der Waals surface area contributed by atoms with E-state index >= 15 is 0 Å². The molecule has 0 amide bonds. The summed E-state index contributed by atoms with van der Waals surface area (Å²) in [4.78, 5) is 0.860. The second-order valence-electron chi connectivity index (χ2n) is 9.64. The van der Waals surface area contributed by atoms with Crippen molar-refractivity contribution in [2.45, 2.75) is 44.8 Å². The van der Waals surface area contributed by atoms with Crippen molar-refractivity contribution in [3.05, 3.63) is 132 Å². The molecule has 0 heterocycles. The van der Waals surface area contributed by atoms with Gasteiger partial charge in [-0.3, -0.25) is 0 Å². The number of benzene rings is 5. The Morgan fingerprint density at radius 3 is 1.42 bits per heavy atom. The molecule has 38 heavy (non-hydrogen) atoms. The van der Waals surface area contributed by atoms with E-state index in [1.807, 2.05) is 18.2 Å². The molecular formula is C32H26O4S2. The topological polar surface area (TPSA) is 68.3 Å². The van der Waals surface area contributed by atoms with E-state index in [4.69, 9.17) is 0 Å². The fraction of sp³-hybridized carbons (Fsp3) is 0.125. The van der Waals surface area contributed by atoms with E-state index in [0.717, 1.165) is 12.0 Å². The van der Waals surface area contributed by atoms with Gasteiger partial charge in [0.2, 0.25) is 19.7 Å². The van der Waals surface area contributed by atoms with E-state index in [0.29, 0.717) is 34.7 Å². The molecule has 0 aromatic heterocycles. The largest absolute Gasteiger partial charge is 0.218 e. The Bertz CT molecular complexity index is 1850. The molecular weight excluding hydrogens is 512 g/mol. The minimum Gasteiger partial charge on any atom is -0.218 e. The zero-order chi connectivity index (χ0) is 26.3. The molecule has 190 valence electrons. The van der Waals surface area contributed by atoms with Gasteiger partial charge in [0.05, 0.1) is 19.6 Å². The minimum atomic E-state index is -3.93. The van der Waals surface area contributed by atoms with Crippen molar-refractivity contribution in [2.75, 3.05) is 0 Å². The number of rotatable bonds is 5. The zero-order valence-electron chi connectivity index (χ0n) is 20.6. The summed E-state index contributed by atoms with van der Waals surface area (Å²) in [6.07, 6.45) is 1.65. The lowest BCUT2D eigenvalue weighted by atomic mass is 9.79. The lowest BCUT2D eigenvalue weighted by Gasteiger charge is -2.30. The van der Waals surface area contributed by atoms with Crippen molar-refractivity contribution in [3.63, 3.8) is 0 Å². The third kappa shape index (κ3) is 4.05. The molecule has 0 fully saturated rings. The summed E-state index contributed by atoms with van der Waals surface area (Å²) in [5, 5.41) is 0.890. The number of hydrogen-bond acceptors (Lipinski definition) is 4.